The smallest absolute Gasteiger partial charge is 0.463 e. The highest BCUT2D eigenvalue weighted by molar-refractivity contribution is 8.00. The van der Waals surface area contributed by atoms with Gasteiger partial charge in [-0.25, -0.2) is 13.8 Å². The van der Waals surface area contributed by atoms with Gasteiger partial charge in [0.15, 0.2) is 6.17 Å². The molecule has 3 heterocycles. The molecule has 2 aliphatic heterocycles. The van der Waals surface area contributed by atoms with E-state index in [0.717, 1.165) is 16.3 Å². The van der Waals surface area contributed by atoms with E-state index in [1.165, 1.54) is 12.3 Å². The summed E-state index contributed by atoms with van der Waals surface area (Å²) in [5.41, 5.74) is 4.79. The Morgan fingerprint density at radius 1 is 1.50 bits per heavy atom. The number of aromatic nitrogens is 2. The predicted molar refractivity (Wildman–Crippen MR) is 108 cm³/mol. The van der Waals surface area contributed by atoms with Gasteiger partial charge in [0.25, 0.3) is 0 Å². The van der Waals surface area contributed by atoms with Crippen LogP contribution in [0, 0.1) is 5.92 Å². The van der Waals surface area contributed by atoms with Gasteiger partial charge in [0.1, 0.15) is 17.3 Å². The van der Waals surface area contributed by atoms with Crippen molar-refractivity contribution in [2.75, 3.05) is 18.9 Å². The van der Waals surface area contributed by atoms with Crippen molar-refractivity contribution in [2.45, 2.75) is 56.2 Å². The fourth-order valence-electron chi connectivity index (χ4n) is 3.02. The Morgan fingerprint density at radius 2 is 2.23 bits per heavy atom. The minimum atomic E-state index is -4.00. The van der Waals surface area contributed by atoms with Crippen LogP contribution < -0.4 is 11.4 Å². The second kappa shape index (κ2) is 9.35. The Bertz CT molecular complexity index is 885. The number of phosphoric ester groups is 1. The molecule has 1 aromatic heterocycles. The van der Waals surface area contributed by atoms with Crippen LogP contribution in [0.1, 0.15) is 32.6 Å². The lowest BCUT2D eigenvalue weighted by molar-refractivity contribution is -0.152. The molecule has 0 saturated carbocycles. The van der Waals surface area contributed by atoms with E-state index in [1.807, 2.05) is 0 Å². The molecular weight excluding hydrogens is 440 g/mol. The number of nitrogens with two attached hydrogens (primary N) is 1. The fraction of sp³-hybridized carbons (Fsp3) is 0.706. The number of fused-ring (bicyclic) bond motifs is 1. The molecule has 0 amide bonds. The number of ether oxygens (including phenoxy) is 1. The van der Waals surface area contributed by atoms with Gasteiger partial charge in [0.05, 0.1) is 30.5 Å². The zero-order valence-electron chi connectivity index (χ0n) is 16.8. The average Bonchev–Trinajstić information content (AvgIpc) is 2.97. The molecule has 10 nitrogen and oxygen atoms in total. The zero-order chi connectivity index (χ0) is 22.1. The Kier molecular flexibility index (Phi) is 7.24. The van der Waals surface area contributed by atoms with E-state index in [-0.39, 0.29) is 37.5 Å². The monoisotopic (exact) mass is 465 g/mol. The Labute approximate surface area is 177 Å². The summed E-state index contributed by atoms with van der Waals surface area (Å²) in [6.45, 7) is 5.00. The molecule has 2 N–H and O–H groups in total. The second-order valence-corrected chi connectivity index (χ2v) is 10.4. The maximum absolute atomic E-state index is 15.1. The van der Waals surface area contributed by atoms with Crippen LogP contribution in [0.4, 0.5) is 10.2 Å². The molecular formula is C17H25FN3O7PS. The standard InChI is InChI=1S/C17H25FN3O7PS/c1-9(2)27-16(22)10(3)5-7-25-29(24)26-8-11-14(28-29)13(18)15(30-11)21-6-4-12(19)20-17(21)23/h4,6,9-11,13-15H,5,7-8H2,1-3H3,(H2,19,20,23)/t10-,11-,13+,14-,15-,29+/m1/s1. The Balaban J connectivity index is 1.58. The molecule has 2 fully saturated rings. The topological polar surface area (TPSA) is 132 Å². The second-order valence-electron chi connectivity index (χ2n) is 7.37. The molecule has 3 rings (SSSR count). The van der Waals surface area contributed by atoms with Crippen molar-refractivity contribution in [3.8, 4) is 0 Å². The highest BCUT2D eigenvalue weighted by atomic mass is 32.2. The van der Waals surface area contributed by atoms with Crippen LogP contribution in [-0.2, 0) is 27.7 Å². The van der Waals surface area contributed by atoms with Crippen molar-refractivity contribution in [1.29, 1.82) is 0 Å². The van der Waals surface area contributed by atoms with Crippen LogP contribution in [0.15, 0.2) is 17.1 Å². The summed E-state index contributed by atoms with van der Waals surface area (Å²) in [4.78, 5) is 27.5. The van der Waals surface area contributed by atoms with Gasteiger partial charge < -0.3 is 10.5 Å². The molecule has 168 valence electrons. The first-order valence-electron chi connectivity index (χ1n) is 9.52. The minimum absolute atomic E-state index is 0.0380. The minimum Gasteiger partial charge on any atom is -0.463 e. The van der Waals surface area contributed by atoms with Crippen molar-refractivity contribution < 1.29 is 32.1 Å². The number of anilines is 1. The summed E-state index contributed by atoms with van der Waals surface area (Å²) in [6, 6.07) is 1.40. The molecule has 0 spiro atoms. The number of rotatable bonds is 7. The third-order valence-corrected chi connectivity index (χ3v) is 7.58. The van der Waals surface area contributed by atoms with Crippen LogP contribution in [0.3, 0.4) is 0 Å². The number of thioether (sulfide) groups is 1. The van der Waals surface area contributed by atoms with Crippen LogP contribution in [-0.4, -0.2) is 52.4 Å². The molecule has 0 bridgehead atoms. The van der Waals surface area contributed by atoms with E-state index in [2.05, 4.69) is 4.98 Å². The third kappa shape index (κ3) is 5.23. The summed E-state index contributed by atoms with van der Waals surface area (Å²) in [6.07, 6.45) is -1.35. The van der Waals surface area contributed by atoms with Gasteiger partial charge in [-0.1, -0.05) is 6.92 Å². The molecule has 0 radical (unpaired) electrons. The molecule has 2 saturated heterocycles. The largest absolute Gasteiger partial charge is 0.475 e. The Morgan fingerprint density at radius 3 is 2.90 bits per heavy atom. The first-order chi connectivity index (χ1) is 14.1. The van der Waals surface area contributed by atoms with E-state index in [0.29, 0.717) is 0 Å². The van der Waals surface area contributed by atoms with Crippen molar-refractivity contribution in [1.82, 2.24) is 9.55 Å². The lowest BCUT2D eigenvalue weighted by Gasteiger charge is -2.31. The number of carbonyl (C=O) groups excluding carboxylic acids is 1. The van der Waals surface area contributed by atoms with E-state index in [1.54, 1.807) is 20.8 Å². The molecule has 6 atom stereocenters. The van der Waals surface area contributed by atoms with Gasteiger partial charge >= 0.3 is 19.5 Å². The lowest BCUT2D eigenvalue weighted by atomic mass is 10.1. The fourth-order valence-corrected chi connectivity index (χ4v) is 6.09. The molecule has 0 aromatic carbocycles. The maximum atomic E-state index is 15.1. The summed E-state index contributed by atoms with van der Waals surface area (Å²) >= 11 is 1.13. The van der Waals surface area contributed by atoms with E-state index < -0.39 is 42.3 Å². The number of phosphoric acid groups is 1. The van der Waals surface area contributed by atoms with Gasteiger partial charge in [0.2, 0.25) is 0 Å². The Hall–Kier alpha value is -1.46. The summed E-state index contributed by atoms with van der Waals surface area (Å²) in [5, 5.41) is -1.39. The van der Waals surface area contributed by atoms with Crippen LogP contribution in [0.2, 0.25) is 0 Å². The zero-order valence-corrected chi connectivity index (χ0v) is 18.5. The quantitative estimate of drug-likeness (QED) is 0.472. The van der Waals surface area contributed by atoms with Crippen molar-refractivity contribution in [3.05, 3.63) is 22.7 Å². The predicted octanol–water partition coefficient (Wildman–Crippen LogP) is 2.30. The van der Waals surface area contributed by atoms with Gasteiger partial charge in [-0.3, -0.25) is 22.9 Å². The number of alkyl halides is 1. The van der Waals surface area contributed by atoms with Crippen LogP contribution >= 0.6 is 19.6 Å². The van der Waals surface area contributed by atoms with Crippen molar-refractivity contribution in [2.24, 2.45) is 5.92 Å². The van der Waals surface area contributed by atoms with E-state index in [4.69, 9.17) is 24.0 Å². The summed E-state index contributed by atoms with van der Waals surface area (Å²) in [5.74, 6) is -0.823. The first-order valence-corrected chi connectivity index (χ1v) is 11.9. The molecule has 13 heteroatoms. The first kappa shape index (κ1) is 23.2. The number of hydrogen-bond acceptors (Lipinski definition) is 10. The number of esters is 1. The van der Waals surface area contributed by atoms with Gasteiger partial charge in [-0.05, 0) is 26.3 Å². The molecule has 2 aliphatic rings. The van der Waals surface area contributed by atoms with Gasteiger partial charge in [0, 0.05) is 6.20 Å². The number of halogens is 1. The average molecular weight is 465 g/mol. The molecule has 1 aromatic rings. The number of nitrogens with zero attached hydrogens (tertiary/aromatic N) is 2. The highest BCUT2D eigenvalue weighted by Gasteiger charge is 2.54. The van der Waals surface area contributed by atoms with Crippen molar-refractivity contribution in [3.63, 3.8) is 0 Å². The summed E-state index contributed by atoms with van der Waals surface area (Å²) in [7, 11) is -4.00. The highest BCUT2D eigenvalue weighted by Crippen LogP contribution is 2.60. The normalized spacial score (nSPS) is 32.0. The SMILES string of the molecule is CC(C)OC(=O)[C@H](C)CCO[P@@]1(=O)OC[C@H]2S[C@@H](n3ccc(N)nc3=O)[C@@H](F)[C@@H]2O1. The van der Waals surface area contributed by atoms with E-state index in [9.17, 15) is 14.2 Å². The molecule has 0 aliphatic carbocycles. The third-order valence-electron chi connectivity index (χ3n) is 4.59. The summed E-state index contributed by atoms with van der Waals surface area (Å²) < 4.78 is 49.9. The van der Waals surface area contributed by atoms with Gasteiger partial charge in [-0.15, -0.1) is 11.8 Å². The number of carbonyl (C=O) groups is 1. The number of hydrogen-bond donors (Lipinski definition) is 1. The van der Waals surface area contributed by atoms with E-state index >= 15 is 4.39 Å². The number of nitrogen functional groups attached to an aromatic ring is 1. The molecule has 30 heavy (non-hydrogen) atoms. The van der Waals surface area contributed by atoms with Crippen LogP contribution in [0.25, 0.3) is 0 Å². The molecule has 0 unspecified atom stereocenters. The van der Waals surface area contributed by atoms with Crippen LogP contribution in [0.5, 0.6) is 0 Å². The van der Waals surface area contributed by atoms with Crippen molar-refractivity contribution >= 4 is 31.4 Å². The maximum Gasteiger partial charge on any atom is 0.475 e. The lowest BCUT2D eigenvalue weighted by Crippen LogP contribution is -2.38. The van der Waals surface area contributed by atoms with Gasteiger partial charge in [-0.2, -0.15) is 4.98 Å².